The van der Waals surface area contributed by atoms with Gasteiger partial charge in [-0.2, -0.15) is 0 Å². The first-order valence-corrected chi connectivity index (χ1v) is 7.80. The number of esters is 1. The maximum atomic E-state index is 12.6. The van der Waals surface area contributed by atoms with Gasteiger partial charge in [0.15, 0.2) is 0 Å². The van der Waals surface area contributed by atoms with E-state index in [1.54, 1.807) is 24.3 Å². The summed E-state index contributed by atoms with van der Waals surface area (Å²) in [7, 11) is 1.31. The van der Waals surface area contributed by atoms with Crippen molar-refractivity contribution >= 4 is 23.5 Å². The van der Waals surface area contributed by atoms with Crippen LogP contribution in [0.1, 0.15) is 35.3 Å². The van der Waals surface area contributed by atoms with Crippen molar-refractivity contribution < 1.29 is 19.1 Å². The number of benzene rings is 2. The van der Waals surface area contributed by atoms with Crippen LogP contribution in [0.25, 0.3) is 0 Å². The predicted octanol–water partition coefficient (Wildman–Crippen LogP) is 2.68. The first-order chi connectivity index (χ1) is 12.0. The fourth-order valence-corrected chi connectivity index (χ4v) is 2.37. The summed E-state index contributed by atoms with van der Waals surface area (Å²) in [4.78, 5) is 35.4. The van der Waals surface area contributed by atoms with Gasteiger partial charge in [-0.3, -0.25) is 14.4 Å². The number of amides is 2. The van der Waals surface area contributed by atoms with Gasteiger partial charge in [0.1, 0.15) is 0 Å². The molecule has 0 saturated heterocycles. The van der Waals surface area contributed by atoms with Gasteiger partial charge in [-0.25, -0.2) is 0 Å². The molecule has 0 saturated carbocycles. The van der Waals surface area contributed by atoms with Crippen LogP contribution < -0.4 is 10.6 Å². The van der Waals surface area contributed by atoms with Gasteiger partial charge in [-0.1, -0.05) is 36.4 Å². The molecule has 6 nitrogen and oxygen atoms in total. The summed E-state index contributed by atoms with van der Waals surface area (Å²) in [5, 5.41) is 5.48. The van der Waals surface area contributed by atoms with Crippen LogP contribution in [-0.4, -0.2) is 24.9 Å². The third kappa shape index (κ3) is 5.46. The summed E-state index contributed by atoms with van der Waals surface area (Å²) in [6.07, 6.45) is 0.0254. The smallest absolute Gasteiger partial charge is 0.307 e. The van der Waals surface area contributed by atoms with Gasteiger partial charge >= 0.3 is 5.97 Å². The number of rotatable bonds is 6. The molecule has 2 N–H and O–H groups in total. The Morgan fingerprint density at radius 3 is 2.40 bits per heavy atom. The zero-order valence-electron chi connectivity index (χ0n) is 14.1. The Kier molecular flexibility index (Phi) is 6.28. The van der Waals surface area contributed by atoms with Crippen LogP contribution in [0.4, 0.5) is 5.69 Å². The maximum Gasteiger partial charge on any atom is 0.307 e. The molecule has 0 aliphatic carbocycles. The Bertz CT molecular complexity index is 759. The van der Waals surface area contributed by atoms with Crippen LogP contribution >= 0.6 is 0 Å². The molecule has 1 unspecified atom stereocenters. The van der Waals surface area contributed by atoms with E-state index < -0.39 is 12.0 Å². The lowest BCUT2D eigenvalue weighted by Gasteiger charge is -2.18. The lowest BCUT2D eigenvalue weighted by atomic mass is 10.0. The standard InChI is InChI=1S/C19H20N2O4/c1-13(22)20-16-10-6-9-15(11-16)19(24)21-17(12-18(23)25-2)14-7-4-3-5-8-14/h3-11,17H,12H2,1-2H3,(H,20,22)(H,21,24). The molecule has 0 aliphatic heterocycles. The fraction of sp³-hybridized carbons (Fsp3) is 0.211. The summed E-state index contributed by atoms with van der Waals surface area (Å²) in [6, 6.07) is 15.3. The van der Waals surface area contributed by atoms with Crippen LogP contribution in [0.2, 0.25) is 0 Å². The summed E-state index contributed by atoms with van der Waals surface area (Å²) in [6.45, 7) is 1.40. The first kappa shape index (κ1) is 18.2. The van der Waals surface area contributed by atoms with E-state index in [1.807, 2.05) is 30.3 Å². The molecule has 0 fully saturated rings. The van der Waals surface area contributed by atoms with E-state index in [0.717, 1.165) is 5.56 Å². The van der Waals surface area contributed by atoms with Crippen LogP contribution in [0, 0.1) is 0 Å². The number of carbonyl (C=O) groups excluding carboxylic acids is 3. The second-order valence-electron chi connectivity index (χ2n) is 5.48. The highest BCUT2D eigenvalue weighted by atomic mass is 16.5. The van der Waals surface area contributed by atoms with Crippen molar-refractivity contribution in [2.45, 2.75) is 19.4 Å². The normalized spacial score (nSPS) is 11.3. The maximum absolute atomic E-state index is 12.6. The Morgan fingerprint density at radius 1 is 1.04 bits per heavy atom. The minimum Gasteiger partial charge on any atom is -0.469 e. The second kappa shape index (κ2) is 8.63. The van der Waals surface area contributed by atoms with Crippen molar-refractivity contribution in [2.24, 2.45) is 0 Å². The zero-order valence-corrected chi connectivity index (χ0v) is 14.1. The average Bonchev–Trinajstić information content (AvgIpc) is 2.61. The SMILES string of the molecule is COC(=O)CC(NC(=O)c1cccc(NC(C)=O)c1)c1ccccc1. The summed E-state index contributed by atoms with van der Waals surface area (Å²) in [5.74, 6) is -0.975. The van der Waals surface area contributed by atoms with Crippen molar-refractivity contribution in [1.29, 1.82) is 0 Å². The molecule has 0 heterocycles. The van der Waals surface area contributed by atoms with Gasteiger partial charge < -0.3 is 15.4 Å². The van der Waals surface area contributed by atoms with Crippen LogP contribution in [0.5, 0.6) is 0 Å². The molecule has 0 radical (unpaired) electrons. The molecule has 0 spiro atoms. The van der Waals surface area contributed by atoms with Crippen LogP contribution in [0.3, 0.4) is 0 Å². The first-order valence-electron chi connectivity index (χ1n) is 7.80. The molecule has 25 heavy (non-hydrogen) atoms. The van der Waals surface area contributed by atoms with E-state index in [4.69, 9.17) is 4.74 Å². The molecule has 0 aliphatic rings. The van der Waals surface area contributed by atoms with Crippen molar-refractivity contribution in [3.05, 3.63) is 65.7 Å². The van der Waals surface area contributed by atoms with Gasteiger partial charge in [-0.15, -0.1) is 0 Å². The highest BCUT2D eigenvalue weighted by Gasteiger charge is 2.19. The third-order valence-electron chi connectivity index (χ3n) is 3.55. The topological polar surface area (TPSA) is 84.5 Å². The van der Waals surface area contributed by atoms with Gasteiger partial charge in [0.25, 0.3) is 5.91 Å². The zero-order chi connectivity index (χ0) is 18.2. The number of anilines is 1. The lowest BCUT2D eigenvalue weighted by molar-refractivity contribution is -0.141. The molecular formula is C19H20N2O4. The largest absolute Gasteiger partial charge is 0.469 e. The van der Waals surface area contributed by atoms with Crippen molar-refractivity contribution in [1.82, 2.24) is 5.32 Å². The summed E-state index contributed by atoms with van der Waals surface area (Å²) >= 11 is 0. The molecule has 2 rings (SSSR count). The molecule has 2 amide bonds. The highest BCUT2D eigenvalue weighted by Crippen LogP contribution is 2.19. The van der Waals surface area contributed by atoms with E-state index in [0.29, 0.717) is 11.3 Å². The van der Waals surface area contributed by atoms with Crippen molar-refractivity contribution in [3.63, 3.8) is 0 Å². The van der Waals surface area contributed by atoms with Crippen LogP contribution in [0.15, 0.2) is 54.6 Å². The van der Waals surface area contributed by atoms with E-state index in [-0.39, 0.29) is 18.2 Å². The number of hydrogen-bond donors (Lipinski definition) is 2. The Hall–Kier alpha value is -3.15. The number of carbonyl (C=O) groups is 3. The minimum atomic E-state index is -0.509. The third-order valence-corrected chi connectivity index (χ3v) is 3.55. The molecule has 1 atom stereocenters. The molecule has 0 aromatic heterocycles. The number of ether oxygens (including phenoxy) is 1. The predicted molar refractivity (Wildman–Crippen MR) is 94.0 cm³/mol. The van der Waals surface area contributed by atoms with E-state index >= 15 is 0 Å². The van der Waals surface area contributed by atoms with Gasteiger partial charge in [-0.05, 0) is 23.8 Å². The number of hydrogen-bond acceptors (Lipinski definition) is 4. The van der Waals surface area contributed by atoms with Crippen molar-refractivity contribution in [3.8, 4) is 0 Å². The minimum absolute atomic E-state index is 0.0254. The van der Waals surface area contributed by atoms with Crippen LogP contribution in [-0.2, 0) is 14.3 Å². The van der Waals surface area contributed by atoms with Crippen molar-refractivity contribution in [2.75, 3.05) is 12.4 Å². The number of nitrogens with one attached hydrogen (secondary N) is 2. The molecule has 2 aromatic rings. The Balaban J connectivity index is 2.19. The monoisotopic (exact) mass is 340 g/mol. The van der Waals surface area contributed by atoms with E-state index in [9.17, 15) is 14.4 Å². The van der Waals surface area contributed by atoms with Gasteiger partial charge in [0, 0.05) is 18.2 Å². The number of methoxy groups -OCH3 is 1. The van der Waals surface area contributed by atoms with Gasteiger partial charge in [0.05, 0.1) is 19.6 Å². The van der Waals surface area contributed by atoms with E-state index in [2.05, 4.69) is 10.6 Å². The fourth-order valence-electron chi connectivity index (χ4n) is 2.37. The highest BCUT2D eigenvalue weighted by molar-refractivity contribution is 5.97. The molecule has 130 valence electrons. The molecular weight excluding hydrogens is 320 g/mol. The quantitative estimate of drug-likeness (QED) is 0.792. The summed E-state index contributed by atoms with van der Waals surface area (Å²) in [5.41, 5.74) is 1.72. The molecule has 6 heteroatoms. The van der Waals surface area contributed by atoms with E-state index in [1.165, 1.54) is 14.0 Å². The molecule has 2 aromatic carbocycles. The Labute approximate surface area is 146 Å². The molecule has 0 bridgehead atoms. The average molecular weight is 340 g/mol. The lowest BCUT2D eigenvalue weighted by Crippen LogP contribution is -2.30. The van der Waals surface area contributed by atoms with Gasteiger partial charge in [0.2, 0.25) is 5.91 Å². The Morgan fingerprint density at radius 2 is 1.76 bits per heavy atom. The summed E-state index contributed by atoms with van der Waals surface area (Å²) < 4.78 is 4.71. The second-order valence-corrected chi connectivity index (χ2v) is 5.48.